The zero-order valence-corrected chi connectivity index (χ0v) is 40.7. The van der Waals surface area contributed by atoms with E-state index in [0.717, 1.165) is 84.2 Å². The highest BCUT2D eigenvalue weighted by Gasteiger charge is 2.65. The molecular formula is C59H76N2O7. The SMILES string of the molecule is C=CCOC12Oc3ccc(Oc4ccc(-c5ccccc5)cc4)cc3C3C(CCCCO)C(CCCCO)C=C(C(=NOCc4ccccc4)CC1N(C)C(=O)CCCCCCCCCCC)C32. The minimum absolute atomic E-state index is 0.0571. The Labute approximate surface area is 406 Å². The van der Waals surface area contributed by atoms with Gasteiger partial charge in [0.15, 0.2) is 0 Å². The van der Waals surface area contributed by atoms with Crippen LogP contribution in [-0.4, -0.2) is 65.4 Å². The monoisotopic (exact) mass is 925 g/mol. The van der Waals surface area contributed by atoms with Gasteiger partial charge in [-0.15, -0.1) is 6.58 Å². The summed E-state index contributed by atoms with van der Waals surface area (Å²) in [5.74, 6) is 0.593. The molecule has 1 amide bonds. The van der Waals surface area contributed by atoms with Crippen molar-refractivity contribution in [2.75, 3.05) is 26.9 Å². The number of hydrogen-bond acceptors (Lipinski definition) is 8. The van der Waals surface area contributed by atoms with Gasteiger partial charge in [0.05, 0.1) is 18.2 Å². The third-order valence-corrected chi connectivity index (χ3v) is 14.4. The number of aliphatic hydroxyl groups excluding tert-OH is 2. The van der Waals surface area contributed by atoms with E-state index in [1.807, 2.05) is 84.7 Å². The van der Waals surface area contributed by atoms with Gasteiger partial charge in [-0.05, 0) is 96.5 Å². The lowest BCUT2D eigenvalue weighted by Crippen LogP contribution is -2.69. The van der Waals surface area contributed by atoms with Gasteiger partial charge in [-0.1, -0.05) is 161 Å². The van der Waals surface area contributed by atoms with E-state index in [2.05, 4.69) is 49.9 Å². The Morgan fingerprint density at radius 2 is 1.44 bits per heavy atom. The van der Waals surface area contributed by atoms with Crippen molar-refractivity contribution in [2.24, 2.45) is 22.9 Å². The number of carbonyl (C=O) groups is 1. The summed E-state index contributed by atoms with van der Waals surface area (Å²) in [6, 6.07) is 34.1. The lowest BCUT2D eigenvalue weighted by Gasteiger charge is -2.59. The van der Waals surface area contributed by atoms with Gasteiger partial charge >= 0.3 is 0 Å². The van der Waals surface area contributed by atoms with Gasteiger partial charge in [0.1, 0.15) is 29.9 Å². The molecule has 0 radical (unpaired) electrons. The predicted octanol–water partition coefficient (Wildman–Crippen LogP) is 13.4. The van der Waals surface area contributed by atoms with E-state index >= 15 is 0 Å². The second kappa shape index (κ2) is 26.0. The van der Waals surface area contributed by atoms with Crippen LogP contribution in [0.1, 0.15) is 133 Å². The first-order chi connectivity index (χ1) is 33.4. The van der Waals surface area contributed by atoms with E-state index in [-0.39, 0.29) is 49.4 Å². The van der Waals surface area contributed by atoms with Crippen LogP contribution in [0.2, 0.25) is 0 Å². The van der Waals surface area contributed by atoms with Crippen LogP contribution in [0.25, 0.3) is 11.1 Å². The van der Waals surface area contributed by atoms with E-state index < -0.39 is 11.8 Å². The van der Waals surface area contributed by atoms with E-state index in [1.54, 1.807) is 6.08 Å². The highest BCUT2D eigenvalue weighted by atomic mass is 16.7. The number of rotatable bonds is 28. The number of amides is 1. The molecule has 1 fully saturated rings. The fourth-order valence-corrected chi connectivity index (χ4v) is 11.0. The van der Waals surface area contributed by atoms with Gasteiger partial charge in [-0.3, -0.25) is 4.79 Å². The topological polar surface area (TPSA) is 110 Å². The molecule has 9 heteroatoms. The molecule has 0 spiro atoms. The number of unbranched alkanes of at least 4 members (excludes halogenated alkanes) is 10. The van der Waals surface area contributed by atoms with Crippen molar-refractivity contribution in [2.45, 2.75) is 140 Å². The standard InChI is InChI=1S/C59H76N2O7/c1-4-6-7-8-9-10-11-12-19-30-56(64)61(3)55-42-53(60-66-43-44-24-15-13-16-25-44)51-40-47(28-20-22-37-62)50(29-21-23-38-63)57-52-41-49(35-36-54(52)68-59(55,58(51)57)65-39-5-2)67-48-33-31-46(32-34-48)45-26-17-14-18-27-45/h5,13-18,24-27,31-36,40-41,47,50,55,57-58,62-63H,2,4,6-12,19-23,28-30,37-39,42-43H2,1,3H3. The Balaban J connectivity index is 1.29. The van der Waals surface area contributed by atoms with E-state index in [9.17, 15) is 15.0 Å². The number of allylic oxidation sites excluding steroid dienone is 1. The molecule has 7 rings (SSSR count). The number of hydrogen-bond donors (Lipinski definition) is 2. The maximum absolute atomic E-state index is 14.5. The van der Waals surface area contributed by atoms with E-state index in [4.69, 9.17) is 24.2 Å². The first-order valence-electron chi connectivity index (χ1n) is 25.7. The molecule has 0 saturated heterocycles. The fourth-order valence-electron chi connectivity index (χ4n) is 11.0. The molecule has 364 valence electrons. The van der Waals surface area contributed by atoms with Crippen LogP contribution in [0, 0.1) is 17.8 Å². The average Bonchev–Trinajstić information content (AvgIpc) is 3.37. The number of carbonyl (C=O) groups excluding carboxylic acids is 1. The summed E-state index contributed by atoms with van der Waals surface area (Å²) < 4.78 is 21.2. The van der Waals surface area contributed by atoms with Crippen molar-refractivity contribution in [3.63, 3.8) is 0 Å². The van der Waals surface area contributed by atoms with E-state index in [1.165, 1.54) is 38.5 Å². The number of likely N-dealkylation sites (N-methyl/N-ethyl adjacent to an activating group) is 1. The second-order valence-electron chi connectivity index (χ2n) is 19.1. The van der Waals surface area contributed by atoms with Crippen molar-refractivity contribution in [1.29, 1.82) is 0 Å². The summed E-state index contributed by atoms with van der Waals surface area (Å²) in [4.78, 5) is 22.7. The first-order valence-corrected chi connectivity index (χ1v) is 25.7. The molecule has 4 aromatic carbocycles. The number of oxime groups is 1. The molecule has 0 bridgehead atoms. The van der Waals surface area contributed by atoms with Gasteiger partial charge in [-0.2, -0.15) is 0 Å². The smallest absolute Gasteiger partial charge is 0.239 e. The van der Waals surface area contributed by atoms with Gasteiger partial charge in [0.25, 0.3) is 0 Å². The molecule has 3 aliphatic rings. The lowest BCUT2D eigenvalue weighted by molar-refractivity contribution is -0.255. The van der Waals surface area contributed by atoms with Crippen LogP contribution in [0.15, 0.2) is 133 Å². The normalized spacial score (nSPS) is 22.1. The summed E-state index contributed by atoms with van der Waals surface area (Å²) in [5.41, 5.74) is 6.10. The van der Waals surface area contributed by atoms with Gasteiger partial charge < -0.3 is 34.2 Å². The van der Waals surface area contributed by atoms with Crippen molar-refractivity contribution in [1.82, 2.24) is 4.90 Å². The molecule has 2 N–H and O–H groups in total. The molecule has 6 unspecified atom stereocenters. The van der Waals surface area contributed by atoms with Gasteiger partial charge in [0.2, 0.25) is 11.7 Å². The summed E-state index contributed by atoms with van der Waals surface area (Å²) >= 11 is 0. The zero-order chi connectivity index (χ0) is 47.6. The Morgan fingerprint density at radius 3 is 2.13 bits per heavy atom. The molecule has 2 aliphatic carbocycles. The summed E-state index contributed by atoms with van der Waals surface area (Å²) in [6.07, 6.45) is 20.4. The molecular weight excluding hydrogens is 849 g/mol. The van der Waals surface area contributed by atoms with Crippen LogP contribution in [0.3, 0.4) is 0 Å². The third-order valence-electron chi connectivity index (χ3n) is 14.4. The van der Waals surface area contributed by atoms with Gasteiger partial charge in [-0.25, -0.2) is 0 Å². The molecule has 4 aromatic rings. The minimum Gasteiger partial charge on any atom is -0.459 e. The third kappa shape index (κ3) is 12.7. The average molecular weight is 925 g/mol. The summed E-state index contributed by atoms with van der Waals surface area (Å²) in [6.45, 7) is 7.10. The Morgan fingerprint density at radius 1 is 0.794 bits per heavy atom. The van der Waals surface area contributed by atoms with Crippen LogP contribution < -0.4 is 9.47 Å². The van der Waals surface area contributed by atoms with Crippen LogP contribution in [0.4, 0.5) is 0 Å². The molecule has 9 nitrogen and oxygen atoms in total. The molecule has 68 heavy (non-hydrogen) atoms. The summed E-state index contributed by atoms with van der Waals surface area (Å²) in [5, 5.41) is 25.0. The van der Waals surface area contributed by atoms with E-state index in [0.29, 0.717) is 43.8 Å². The molecule has 6 atom stereocenters. The van der Waals surface area contributed by atoms with Crippen molar-refractivity contribution in [3.8, 4) is 28.4 Å². The van der Waals surface area contributed by atoms with Crippen molar-refractivity contribution < 1.29 is 34.1 Å². The molecule has 0 aromatic heterocycles. The molecule has 1 aliphatic heterocycles. The van der Waals surface area contributed by atoms with Crippen LogP contribution in [0.5, 0.6) is 17.2 Å². The maximum Gasteiger partial charge on any atom is 0.239 e. The number of nitrogens with zero attached hydrogens (tertiary/aromatic N) is 2. The summed E-state index contributed by atoms with van der Waals surface area (Å²) in [7, 11) is 1.91. The first kappa shape index (κ1) is 50.7. The Kier molecular flexibility index (Phi) is 19.3. The molecule has 1 heterocycles. The second-order valence-corrected chi connectivity index (χ2v) is 19.1. The van der Waals surface area contributed by atoms with Crippen LogP contribution in [-0.2, 0) is 21.0 Å². The van der Waals surface area contributed by atoms with Crippen molar-refractivity contribution in [3.05, 3.63) is 139 Å². The number of ether oxygens (including phenoxy) is 3. The predicted molar refractivity (Wildman–Crippen MR) is 273 cm³/mol. The van der Waals surface area contributed by atoms with Crippen LogP contribution >= 0.6 is 0 Å². The van der Waals surface area contributed by atoms with Gasteiger partial charge in [0, 0.05) is 44.6 Å². The highest BCUT2D eigenvalue weighted by molar-refractivity contribution is 6.03. The number of benzene rings is 4. The zero-order valence-electron chi connectivity index (χ0n) is 40.7. The maximum atomic E-state index is 14.5. The number of aliphatic hydroxyl groups is 2. The molecule has 1 saturated carbocycles. The number of fused-ring (bicyclic) bond motifs is 2. The lowest BCUT2D eigenvalue weighted by atomic mass is 9.55. The van der Waals surface area contributed by atoms with Crippen molar-refractivity contribution >= 4 is 11.6 Å². The fraction of sp³-hybridized carbons (Fsp3) is 0.492. The Bertz CT molecular complexity index is 2230. The quantitative estimate of drug-likeness (QED) is 0.0332. The largest absolute Gasteiger partial charge is 0.459 e. The highest BCUT2D eigenvalue weighted by Crippen LogP contribution is 2.62. The minimum atomic E-state index is -1.29. The Hall–Kier alpha value is -5.22.